The first-order valence-electron chi connectivity index (χ1n) is 5.25. The van der Waals surface area contributed by atoms with Crippen molar-refractivity contribution < 1.29 is 9.53 Å². The molecule has 0 fully saturated rings. The summed E-state index contributed by atoms with van der Waals surface area (Å²) in [6.07, 6.45) is 4.84. The number of aryl methyl sites for hydroxylation is 1. The molecule has 2 aromatic rings. The molecule has 5 N–H and O–H groups in total. The summed E-state index contributed by atoms with van der Waals surface area (Å²) in [5.41, 5.74) is 10.5. The molecule has 0 aliphatic carbocycles. The molecule has 0 atom stereocenters. The first-order chi connectivity index (χ1) is 8.54. The van der Waals surface area contributed by atoms with Crippen molar-refractivity contribution >= 4 is 30.1 Å². The van der Waals surface area contributed by atoms with Crippen molar-refractivity contribution in [2.24, 2.45) is 7.05 Å². The van der Waals surface area contributed by atoms with Crippen LogP contribution in [0.25, 0.3) is 0 Å². The number of rotatable bonds is 2. The van der Waals surface area contributed by atoms with Gasteiger partial charge in [-0.2, -0.15) is 0 Å². The Balaban J connectivity index is 0.000000392. The Morgan fingerprint density at radius 2 is 2.21 bits per heavy atom. The molecule has 0 aliphatic heterocycles. The number of nitrogens with zero attached hydrogens (tertiary/aromatic N) is 3. The molecule has 19 heavy (non-hydrogen) atoms. The molecule has 0 spiro atoms. The fourth-order valence-electron chi connectivity index (χ4n) is 1.15. The Morgan fingerprint density at radius 3 is 2.53 bits per heavy atom. The number of carbonyl (C=O) groups is 1. The monoisotopic (exact) mass is 288 g/mol. The minimum atomic E-state index is -0.448. The number of H-pyrrole nitrogens is 1. The van der Waals surface area contributed by atoms with Gasteiger partial charge in [0.15, 0.2) is 5.95 Å². The van der Waals surface area contributed by atoms with Crippen molar-refractivity contribution in [1.29, 1.82) is 0 Å². The van der Waals surface area contributed by atoms with Crippen LogP contribution < -0.4 is 11.5 Å². The Morgan fingerprint density at radius 1 is 1.53 bits per heavy atom. The van der Waals surface area contributed by atoms with E-state index in [-0.39, 0.29) is 18.2 Å². The number of imidazole rings is 2. The Hall–Kier alpha value is -2.22. The zero-order chi connectivity index (χ0) is 13.5. The van der Waals surface area contributed by atoms with Gasteiger partial charge in [0.2, 0.25) is 5.82 Å². The summed E-state index contributed by atoms with van der Waals surface area (Å²) < 4.78 is 6.28. The number of esters is 1. The number of hydrogen-bond acceptors (Lipinski definition) is 6. The minimum Gasteiger partial charge on any atom is -0.460 e. The van der Waals surface area contributed by atoms with Gasteiger partial charge >= 0.3 is 5.97 Å². The number of nitrogens with one attached hydrogen (secondary N) is 1. The average molecular weight is 289 g/mol. The van der Waals surface area contributed by atoms with E-state index in [2.05, 4.69) is 15.0 Å². The quantitative estimate of drug-likeness (QED) is 0.695. The van der Waals surface area contributed by atoms with Crippen LogP contribution in [0.3, 0.4) is 0 Å². The van der Waals surface area contributed by atoms with E-state index in [0.29, 0.717) is 18.4 Å². The molecule has 2 heterocycles. The molecule has 106 valence electrons. The van der Waals surface area contributed by atoms with Crippen LogP contribution in [0.15, 0.2) is 18.6 Å². The molecule has 0 aromatic carbocycles. The van der Waals surface area contributed by atoms with E-state index in [1.165, 1.54) is 4.57 Å². The van der Waals surface area contributed by atoms with Crippen LogP contribution in [-0.2, 0) is 11.8 Å². The van der Waals surface area contributed by atoms with Crippen molar-refractivity contribution in [3.63, 3.8) is 0 Å². The van der Waals surface area contributed by atoms with Crippen LogP contribution in [0.1, 0.15) is 17.5 Å². The number of hydrogen-bond donors (Lipinski definition) is 3. The number of anilines is 2. The van der Waals surface area contributed by atoms with Gasteiger partial charge in [-0.25, -0.2) is 14.8 Å². The van der Waals surface area contributed by atoms with Crippen molar-refractivity contribution in [3.05, 3.63) is 24.4 Å². The molecule has 0 amide bonds. The topological polar surface area (TPSA) is 125 Å². The molecular formula is C10H17ClN6O2. The Kier molecular flexibility index (Phi) is 7.05. The fourth-order valence-corrected chi connectivity index (χ4v) is 1.15. The number of halogens is 1. The van der Waals surface area contributed by atoms with E-state index in [4.69, 9.17) is 16.2 Å². The molecule has 0 bridgehead atoms. The minimum absolute atomic E-state index is 0. The lowest BCUT2D eigenvalue weighted by molar-refractivity contribution is 0.0508. The highest BCUT2D eigenvalue weighted by molar-refractivity contribution is 5.86. The van der Waals surface area contributed by atoms with Crippen molar-refractivity contribution in [3.8, 4) is 0 Å². The first-order valence-corrected chi connectivity index (χ1v) is 5.25. The number of carbonyl (C=O) groups excluding carboxylic acids is 1. The maximum Gasteiger partial charge on any atom is 0.374 e. The molecule has 0 aliphatic rings. The molecule has 0 radical (unpaired) electrons. The van der Waals surface area contributed by atoms with Crippen LogP contribution in [0.4, 0.5) is 11.8 Å². The molecule has 9 heteroatoms. The number of nitrogens with two attached hydrogens (primary N) is 2. The lowest BCUT2D eigenvalue weighted by Gasteiger charge is -1.99. The van der Waals surface area contributed by atoms with E-state index in [9.17, 15) is 4.79 Å². The predicted molar refractivity (Wildman–Crippen MR) is 73.8 cm³/mol. The second-order valence-electron chi connectivity index (χ2n) is 3.30. The van der Waals surface area contributed by atoms with Crippen LogP contribution in [0.5, 0.6) is 0 Å². The van der Waals surface area contributed by atoms with Crippen LogP contribution in [0, 0.1) is 0 Å². The van der Waals surface area contributed by atoms with Crippen molar-refractivity contribution in [2.45, 2.75) is 6.92 Å². The Bertz CT molecular complexity index is 496. The van der Waals surface area contributed by atoms with Gasteiger partial charge in [-0.3, -0.25) is 0 Å². The molecule has 2 aromatic heterocycles. The van der Waals surface area contributed by atoms with Crippen LogP contribution in [-0.4, -0.2) is 32.1 Å². The molecular weight excluding hydrogens is 272 g/mol. The van der Waals surface area contributed by atoms with Gasteiger partial charge in [-0.1, -0.05) is 0 Å². The van der Waals surface area contributed by atoms with Gasteiger partial charge < -0.3 is 25.8 Å². The fraction of sp³-hybridized carbons (Fsp3) is 0.300. The lowest BCUT2D eigenvalue weighted by Crippen LogP contribution is -2.10. The van der Waals surface area contributed by atoms with E-state index in [0.717, 1.165) is 0 Å². The van der Waals surface area contributed by atoms with Gasteiger partial charge in [0.25, 0.3) is 0 Å². The van der Waals surface area contributed by atoms with Gasteiger partial charge in [0, 0.05) is 25.6 Å². The number of nitrogen functional groups attached to an aromatic ring is 2. The highest BCUT2D eigenvalue weighted by atomic mass is 35.5. The van der Waals surface area contributed by atoms with Gasteiger partial charge in [0.05, 0.1) is 6.61 Å². The summed E-state index contributed by atoms with van der Waals surface area (Å²) >= 11 is 0. The van der Waals surface area contributed by atoms with E-state index in [1.54, 1.807) is 32.6 Å². The maximum atomic E-state index is 11.1. The summed E-state index contributed by atoms with van der Waals surface area (Å²) in [7, 11) is 1.69. The van der Waals surface area contributed by atoms with Gasteiger partial charge in [-0.05, 0) is 6.92 Å². The highest BCUT2D eigenvalue weighted by Gasteiger charge is 2.12. The van der Waals surface area contributed by atoms with E-state index < -0.39 is 5.97 Å². The van der Waals surface area contributed by atoms with E-state index >= 15 is 0 Å². The summed E-state index contributed by atoms with van der Waals surface area (Å²) in [5, 5.41) is 0. The molecule has 0 saturated carbocycles. The van der Waals surface area contributed by atoms with Crippen LogP contribution >= 0.6 is 12.4 Å². The summed E-state index contributed by atoms with van der Waals surface area (Å²) in [5.74, 6) is 0.571. The van der Waals surface area contributed by atoms with Crippen molar-refractivity contribution in [2.75, 3.05) is 18.1 Å². The van der Waals surface area contributed by atoms with Gasteiger partial charge in [-0.15, -0.1) is 12.4 Å². The summed E-state index contributed by atoms with van der Waals surface area (Å²) in [4.78, 5) is 21.2. The molecule has 0 unspecified atom stereocenters. The second-order valence-corrected chi connectivity index (χ2v) is 3.30. The normalized spacial score (nSPS) is 8.95. The lowest BCUT2D eigenvalue weighted by atomic mass is 10.6. The molecule has 0 saturated heterocycles. The zero-order valence-corrected chi connectivity index (χ0v) is 11.5. The number of ether oxygens (including phenoxy) is 1. The number of aromatic amines is 1. The SMILES string of the molecule is CCOC(=O)c1nc(N)cn1C.Cl.Nc1ncc[nH]1. The Labute approximate surface area is 116 Å². The first kappa shape index (κ1) is 16.8. The third kappa shape index (κ3) is 5.30. The maximum absolute atomic E-state index is 11.1. The van der Waals surface area contributed by atoms with E-state index in [1.807, 2.05) is 0 Å². The molecule has 8 nitrogen and oxygen atoms in total. The zero-order valence-electron chi connectivity index (χ0n) is 10.7. The highest BCUT2D eigenvalue weighted by Crippen LogP contribution is 2.03. The largest absolute Gasteiger partial charge is 0.460 e. The molecule has 2 rings (SSSR count). The summed E-state index contributed by atoms with van der Waals surface area (Å²) in [6, 6.07) is 0. The predicted octanol–water partition coefficient (Wildman–Crippen LogP) is 0.593. The number of aromatic nitrogens is 4. The smallest absolute Gasteiger partial charge is 0.374 e. The average Bonchev–Trinajstić information content (AvgIpc) is 2.89. The summed E-state index contributed by atoms with van der Waals surface area (Å²) in [6.45, 7) is 2.08. The third-order valence-electron chi connectivity index (χ3n) is 1.87. The third-order valence-corrected chi connectivity index (χ3v) is 1.87. The van der Waals surface area contributed by atoms with Gasteiger partial charge in [0.1, 0.15) is 5.82 Å². The van der Waals surface area contributed by atoms with Crippen LogP contribution in [0.2, 0.25) is 0 Å². The standard InChI is InChI=1S/C7H11N3O2.C3H5N3.ClH/c1-3-12-7(11)6-9-5(8)4-10(6)2;4-3-5-1-2-6-3;/h4H,3,8H2,1-2H3;1-2H,(H3,4,5,6);1H. The second kappa shape index (κ2) is 7.98. The van der Waals surface area contributed by atoms with Crippen molar-refractivity contribution in [1.82, 2.24) is 19.5 Å².